The van der Waals surface area contributed by atoms with E-state index in [1.807, 2.05) is 29.6 Å². The minimum atomic E-state index is -0.284. The van der Waals surface area contributed by atoms with E-state index in [0.717, 1.165) is 16.7 Å². The Kier molecular flexibility index (Phi) is 2.65. The van der Waals surface area contributed by atoms with Gasteiger partial charge in [0.2, 0.25) is 0 Å². The summed E-state index contributed by atoms with van der Waals surface area (Å²) in [5, 5.41) is 8.40. The number of thiazole rings is 1. The first-order chi connectivity index (χ1) is 10.3. The largest absolute Gasteiger partial charge is 0.338 e. The van der Waals surface area contributed by atoms with Crippen LogP contribution in [0.1, 0.15) is 0 Å². The molecule has 7 heteroatoms. The van der Waals surface area contributed by atoms with E-state index >= 15 is 0 Å². The lowest BCUT2D eigenvalue weighted by molar-refractivity contribution is 0.989. The lowest BCUT2D eigenvalue weighted by Crippen LogP contribution is -2.12. The van der Waals surface area contributed by atoms with Crippen LogP contribution in [0.2, 0.25) is 0 Å². The predicted octanol–water partition coefficient (Wildman–Crippen LogP) is 2.44. The number of nitrogens with zero attached hydrogens (tertiary/aromatic N) is 3. The van der Waals surface area contributed by atoms with Crippen molar-refractivity contribution in [3.63, 3.8) is 0 Å². The van der Waals surface area contributed by atoms with Gasteiger partial charge >= 0.3 is 0 Å². The van der Waals surface area contributed by atoms with Gasteiger partial charge in [0.1, 0.15) is 17.2 Å². The summed E-state index contributed by atoms with van der Waals surface area (Å²) in [6, 6.07) is 9.34. The summed E-state index contributed by atoms with van der Waals surface area (Å²) in [7, 11) is 0. The Bertz CT molecular complexity index is 937. The van der Waals surface area contributed by atoms with Crippen molar-refractivity contribution in [3.8, 4) is 22.8 Å². The number of aromatic amines is 2. The number of para-hydroxylation sites is 2. The predicted molar refractivity (Wildman–Crippen MR) is 81.1 cm³/mol. The second-order valence-electron chi connectivity index (χ2n) is 4.47. The summed E-state index contributed by atoms with van der Waals surface area (Å²) < 4.78 is 0. The minimum Gasteiger partial charge on any atom is -0.338 e. The fourth-order valence-electron chi connectivity index (χ4n) is 2.13. The molecule has 3 aromatic heterocycles. The monoisotopic (exact) mass is 295 g/mol. The van der Waals surface area contributed by atoms with Gasteiger partial charge in [0, 0.05) is 5.38 Å². The Morgan fingerprint density at radius 3 is 2.86 bits per heavy atom. The maximum atomic E-state index is 12.0. The van der Waals surface area contributed by atoms with Crippen LogP contribution in [0.5, 0.6) is 0 Å². The zero-order valence-electron chi connectivity index (χ0n) is 10.7. The number of nitrogens with one attached hydrogen (secondary N) is 2. The highest BCUT2D eigenvalue weighted by atomic mass is 32.1. The lowest BCUT2D eigenvalue weighted by atomic mass is 10.2. The summed E-state index contributed by atoms with van der Waals surface area (Å²) in [5.41, 5.74) is 4.94. The molecule has 1 aromatic carbocycles. The Morgan fingerprint density at radius 2 is 2.05 bits per heavy atom. The number of benzene rings is 1. The Balaban J connectivity index is 1.91. The fourth-order valence-corrected chi connectivity index (χ4v) is 2.68. The fraction of sp³-hybridized carbons (Fsp3) is 0. The van der Waals surface area contributed by atoms with Crippen molar-refractivity contribution in [2.75, 3.05) is 0 Å². The molecule has 0 aliphatic rings. The maximum Gasteiger partial charge on any atom is 0.275 e. The quantitative estimate of drug-likeness (QED) is 0.594. The third kappa shape index (κ3) is 2.03. The van der Waals surface area contributed by atoms with Crippen molar-refractivity contribution in [2.45, 2.75) is 0 Å². The molecule has 0 amide bonds. The van der Waals surface area contributed by atoms with E-state index in [-0.39, 0.29) is 5.56 Å². The van der Waals surface area contributed by atoms with Crippen LogP contribution in [0.15, 0.2) is 46.0 Å². The molecule has 21 heavy (non-hydrogen) atoms. The van der Waals surface area contributed by atoms with Gasteiger partial charge in [-0.1, -0.05) is 12.1 Å². The number of hydrogen-bond donors (Lipinski definition) is 2. The first kappa shape index (κ1) is 12.0. The number of fused-ring (bicyclic) bond motifs is 1. The standard InChI is InChI=1S/C14H9N5OS/c20-14-8(5-11(18-19-14)12-6-21-7-15-12)13-16-9-3-1-2-4-10(9)17-13/h1-7H,(H,16,17)(H,19,20). The van der Waals surface area contributed by atoms with Crippen LogP contribution in [-0.2, 0) is 0 Å². The lowest BCUT2D eigenvalue weighted by Gasteiger charge is -1.98. The molecule has 4 rings (SSSR count). The Hall–Kier alpha value is -2.80. The van der Waals surface area contributed by atoms with Gasteiger partial charge in [0.05, 0.1) is 22.1 Å². The molecule has 0 spiro atoms. The molecule has 0 radical (unpaired) electrons. The zero-order valence-corrected chi connectivity index (χ0v) is 11.5. The third-order valence-corrected chi connectivity index (χ3v) is 3.73. The van der Waals surface area contributed by atoms with Gasteiger partial charge in [-0.25, -0.2) is 15.1 Å². The van der Waals surface area contributed by atoms with Gasteiger partial charge < -0.3 is 4.98 Å². The first-order valence-corrected chi connectivity index (χ1v) is 7.19. The van der Waals surface area contributed by atoms with Crippen LogP contribution in [0.4, 0.5) is 0 Å². The van der Waals surface area contributed by atoms with Crippen LogP contribution in [0.3, 0.4) is 0 Å². The van der Waals surface area contributed by atoms with Gasteiger partial charge in [-0.2, -0.15) is 5.10 Å². The molecule has 4 aromatic rings. The number of aromatic nitrogens is 5. The molecule has 0 saturated heterocycles. The number of hydrogen-bond acceptors (Lipinski definition) is 5. The molecular formula is C14H9N5OS. The Labute approximate surface area is 122 Å². The van der Waals surface area contributed by atoms with E-state index < -0.39 is 0 Å². The van der Waals surface area contributed by atoms with Crippen LogP contribution in [0.25, 0.3) is 33.8 Å². The van der Waals surface area contributed by atoms with Crippen molar-refractivity contribution in [1.82, 2.24) is 25.1 Å². The van der Waals surface area contributed by atoms with E-state index in [2.05, 4.69) is 25.1 Å². The highest BCUT2D eigenvalue weighted by Gasteiger charge is 2.12. The molecule has 0 aliphatic heterocycles. The topological polar surface area (TPSA) is 87.3 Å². The molecular weight excluding hydrogens is 286 g/mol. The van der Waals surface area contributed by atoms with Crippen LogP contribution < -0.4 is 5.56 Å². The van der Waals surface area contributed by atoms with Crippen molar-refractivity contribution in [3.05, 3.63) is 51.6 Å². The number of imidazole rings is 1. The van der Waals surface area contributed by atoms with Gasteiger partial charge in [0.25, 0.3) is 5.56 Å². The molecule has 6 nitrogen and oxygen atoms in total. The average molecular weight is 295 g/mol. The van der Waals surface area contributed by atoms with Crippen LogP contribution >= 0.6 is 11.3 Å². The second kappa shape index (κ2) is 4.64. The molecule has 0 saturated carbocycles. The zero-order chi connectivity index (χ0) is 14.2. The summed E-state index contributed by atoms with van der Waals surface area (Å²) in [5.74, 6) is 0.524. The SMILES string of the molecule is O=c1[nH]nc(-c2cscn2)cc1-c1nc2ccccc2[nH]1. The summed E-state index contributed by atoms with van der Waals surface area (Å²) >= 11 is 1.48. The highest BCUT2D eigenvalue weighted by Crippen LogP contribution is 2.21. The number of rotatable bonds is 2. The molecule has 0 atom stereocenters. The maximum absolute atomic E-state index is 12.0. The normalized spacial score (nSPS) is 11.0. The minimum absolute atomic E-state index is 0.284. The molecule has 0 unspecified atom stereocenters. The van der Waals surface area contributed by atoms with Crippen LogP contribution in [0, 0.1) is 0 Å². The molecule has 0 aliphatic carbocycles. The van der Waals surface area contributed by atoms with Crippen molar-refractivity contribution in [1.29, 1.82) is 0 Å². The average Bonchev–Trinajstić information content (AvgIpc) is 3.17. The number of H-pyrrole nitrogens is 2. The first-order valence-electron chi connectivity index (χ1n) is 6.25. The summed E-state index contributed by atoms with van der Waals surface area (Å²) in [6.07, 6.45) is 0. The van der Waals surface area contributed by atoms with Crippen molar-refractivity contribution < 1.29 is 0 Å². The molecule has 3 heterocycles. The summed E-state index contributed by atoms with van der Waals surface area (Å²) in [6.45, 7) is 0. The molecule has 0 bridgehead atoms. The van der Waals surface area contributed by atoms with Crippen molar-refractivity contribution >= 4 is 22.4 Å². The van der Waals surface area contributed by atoms with E-state index in [0.29, 0.717) is 17.1 Å². The van der Waals surface area contributed by atoms with E-state index in [1.165, 1.54) is 11.3 Å². The van der Waals surface area contributed by atoms with Gasteiger partial charge in [-0.3, -0.25) is 4.79 Å². The van der Waals surface area contributed by atoms with Gasteiger partial charge in [0.15, 0.2) is 0 Å². The second-order valence-corrected chi connectivity index (χ2v) is 5.19. The third-order valence-electron chi connectivity index (χ3n) is 3.14. The molecule has 2 N–H and O–H groups in total. The highest BCUT2D eigenvalue weighted by molar-refractivity contribution is 7.07. The van der Waals surface area contributed by atoms with E-state index in [1.54, 1.807) is 11.6 Å². The smallest absolute Gasteiger partial charge is 0.275 e. The summed E-state index contributed by atoms with van der Waals surface area (Å²) in [4.78, 5) is 23.8. The van der Waals surface area contributed by atoms with Crippen molar-refractivity contribution in [2.24, 2.45) is 0 Å². The molecule has 0 fully saturated rings. The molecule has 102 valence electrons. The Morgan fingerprint density at radius 1 is 1.14 bits per heavy atom. The van der Waals surface area contributed by atoms with Gasteiger partial charge in [-0.15, -0.1) is 11.3 Å². The van der Waals surface area contributed by atoms with E-state index in [4.69, 9.17) is 0 Å². The van der Waals surface area contributed by atoms with Crippen LogP contribution in [-0.4, -0.2) is 25.1 Å². The van der Waals surface area contributed by atoms with Gasteiger partial charge in [-0.05, 0) is 18.2 Å². The van der Waals surface area contributed by atoms with E-state index in [9.17, 15) is 4.79 Å².